The van der Waals surface area contributed by atoms with Gasteiger partial charge in [-0.1, -0.05) is 30.3 Å². The number of nitriles is 1. The molecule has 2 rings (SSSR count). The number of amides is 1. The molecule has 126 valence electrons. The first kappa shape index (κ1) is 17.7. The van der Waals surface area contributed by atoms with E-state index in [-0.39, 0.29) is 28.6 Å². The molecule has 0 heterocycles. The summed E-state index contributed by atoms with van der Waals surface area (Å²) in [5, 5.41) is 32.4. The molecule has 2 aromatic rings. The minimum atomic E-state index is -0.656. The van der Waals surface area contributed by atoms with Crippen LogP contribution < -0.4 is 5.32 Å². The van der Waals surface area contributed by atoms with Crippen molar-refractivity contribution in [3.63, 3.8) is 0 Å². The van der Waals surface area contributed by atoms with E-state index < -0.39 is 10.8 Å². The summed E-state index contributed by atoms with van der Waals surface area (Å²) in [6, 6.07) is 14.0. The van der Waals surface area contributed by atoms with Crippen LogP contribution in [0.4, 0.5) is 5.69 Å². The monoisotopic (exact) mass is 337 g/mol. The van der Waals surface area contributed by atoms with Gasteiger partial charge in [0, 0.05) is 6.07 Å². The molecule has 0 unspecified atom stereocenters. The molecule has 0 aliphatic heterocycles. The second kappa shape index (κ2) is 7.75. The van der Waals surface area contributed by atoms with Gasteiger partial charge in [-0.15, -0.1) is 0 Å². The van der Waals surface area contributed by atoms with Crippen molar-refractivity contribution >= 4 is 17.7 Å². The number of nitro benzene ring substituents is 1. The number of phenolic OH excluding ortho intramolecular Hbond substituents is 1. The Labute approximate surface area is 144 Å². The zero-order chi connectivity index (χ0) is 18.4. The highest BCUT2D eigenvalue weighted by atomic mass is 16.6. The number of hydrogen-bond acceptors (Lipinski definition) is 5. The van der Waals surface area contributed by atoms with Gasteiger partial charge in [0.1, 0.15) is 17.4 Å². The lowest BCUT2D eigenvalue weighted by molar-refractivity contribution is -0.385. The second-order valence-electron chi connectivity index (χ2n) is 5.28. The van der Waals surface area contributed by atoms with Gasteiger partial charge in [-0.3, -0.25) is 14.9 Å². The first-order valence-corrected chi connectivity index (χ1v) is 7.37. The molecule has 0 bridgehead atoms. The van der Waals surface area contributed by atoms with Crippen LogP contribution in [-0.4, -0.2) is 15.9 Å². The van der Waals surface area contributed by atoms with Crippen LogP contribution in [0.3, 0.4) is 0 Å². The Morgan fingerprint density at radius 2 is 2.00 bits per heavy atom. The molecular weight excluding hydrogens is 322 g/mol. The van der Waals surface area contributed by atoms with Crippen molar-refractivity contribution < 1.29 is 14.8 Å². The highest BCUT2D eigenvalue weighted by molar-refractivity contribution is 6.02. The summed E-state index contributed by atoms with van der Waals surface area (Å²) >= 11 is 0. The molecule has 0 aliphatic carbocycles. The molecule has 0 aromatic heterocycles. The maximum absolute atomic E-state index is 12.3. The number of nitrogens with zero attached hydrogens (tertiary/aromatic N) is 2. The molecule has 2 N–H and O–H groups in total. The maximum atomic E-state index is 12.3. The van der Waals surface area contributed by atoms with E-state index in [0.717, 1.165) is 23.8 Å². The third-order valence-electron chi connectivity index (χ3n) is 3.52. The molecule has 7 heteroatoms. The van der Waals surface area contributed by atoms with Crippen LogP contribution in [0, 0.1) is 21.4 Å². The van der Waals surface area contributed by atoms with Crippen molar-refractivity contribution in [3.05, 3.63) is 75.3 Å². The summed E-state index contributed by atoms with van der Waals surface area (Å²) < 4.78 is 0. The Morgan fingerprint density at radius 1 is 1.32 bits per heavy atom. The number of nitrogens with one attached hydrogen (secondary N) is 1. The van der Waals surface area contributed by atoms with Gasteiger partial charge in [0.15, 0.2) is 0 Å². The topological polar surface area (TPSA) is 116 Å². The van der Waals surface area contributed by atoms with E-state index in [1.165, 1.54) is 6.07 Å². The fourth-order valence-corrected chi connectivity index (χ4v) is 2.23. The Balaban J connectivity index is 2.29. The average Bonchev–Trinajstić information content (AvgIpc) is 2.60. The predicted molar refractivity (Wildman–Crippen MR) is 91.4 cm³/mol. The highest BCUT2D eigenvalue weighted by Gasteiger charge is 2.17. The van der Waals surface area contributed by atoms with Gasteiger partial charge < -0.3 is 10.4 Å². The van der Waals surface area contributed by atoms with Crippen LogP contribution in [0.2, 0.25) is 0 Å². The third-order valence-corrected chi connectivity index (χ3v) is 3.52. The minimum absolute atomic E-state index is 0.0240. The zero-order valence-electron chi connectivity index (χ0n) is 13.3. The smallest absolute Gasteiger partial charge is 0.276 e. The van der Waals surface area contributed by atoms with Crippen LogP contribution in [-0.2, 0) is 4.79 Å². The summed E-state index contributed by atoms with van der Waals surface area (Å²) in [6.07, 6.45) is 1.09. The highest BCUT2D eigenvalue weighted by Crippen LogP contribution is 2.25. The molecule has 0 spiro atoms. The van der Waals surface area contributed by atoms with Gasteiger partial charge in [-0.25, -0.2) is 0 Å². The number of phenols is 1. The standard InChI is InChI=1S/C18H15N3O4/c1-12(13-5-3-2-4-6-13)20-18(23)15(11-19)9-14-10-16(22)7-8-17(14)21(24)25/h2-10,12,22H,1H3,(H,20,23)/b15-9-/t12-/m0/s1. The number of carbonyl (C=O) groups excluding carboxylic acids is 1. The summed E-state index contributed by atoms with van der Waals surface area (Å²) in [7, 11) is 0. The Hall–Kier alpha value is -3.66. The van der Waals surface area contributed by atoms with Crippen LogP contribution in [0.15, 0.2) is 54.1 Å². The third kappa shape index (κ3) is 4.42. The number of rotatable bonds is 5. The van der Waals surface area contributed by atoms with Crippen molar-refractivity contribution in [2.75, 3.05) is 0 Å². The van der Waals surface area contributed by atoms with Gasteiger partial charge in [0.25, 0.3) is 11.6 Å². The number of aromatic hydroxyl groups is 1. The van der Waals surface area contributed by atoms with Crippen molar-refractivity contribution in [2.45, 2.75) is 13.0 Å². The molecule has 1 amide bonds. The predicted octanol–water partition coefficient (Wildman–Crippen LogP) is 3.08. The molecule has 7 nitrogen and oxygen atoms in total. The Bertz CT molecular complexity index is 870. The Morgan fingerprint density at radius 3 is 2.60 bits per heavy atom. The van der Waals surface area contributed by atoms with Gasteiger partial charge in [0.2, 0.25) is 0 Å². The Kier molecular flexibility index (Phi) is 5.48. The summed E-state index contributed by atoms with van der Waals surface area (Å²) in [5.74, 6) is -0.858. The summed E-state index contributed by atoms with van der Waals surface area (Å²) in [6.45, 7) is 1.76. The van der Waals surface area contributed by atoms with Gasteiger partial charge in [0.05, 0.1) is 16.5 Å². The summed E-state index contributed by atoms with van der Waals surface area (Å²) in [4.78, 5) is 22.7. The molecule has 25 heavy (non-hydrogen) atoms. The number of nitro groups is 1. The molecule has 0 saturated heterocycles. The lowest BCUT2D eigenvalue weighted by Crippen LogP contribution is -2.27. The van der Waals surface area contributed by atoms with Crippen molar-refractivity contribution in [3.8, 4) is 11.8 Å². The van der Waals surface area contributed by atoms with E-state index in [1.807, 2.05) is 30.3 Å². The normalized spacial score (nSPS) is 12.1. The van der Waals surface area contributed by atoms with E-state index in [1.54, 1.807) is 13.0 Å². The first-order valence-electron chi connectivity index (χ1n) is 7.37. The maximum Gasteiger partial charge on any atom is 0.276 e. The van der Waals surface area contributed by atoms with Gasteiger partial charge >= 0.3 is 0 Å². The van der Waals surface area contributed by atoms with Gasteiger partial charge in [-0.2, -0.15) is 5.26 Å². The lowest BCUT2D eigenvalue weighted by atomic mass is 10.1. The van der Waals surface area contributed by atoms with E-state index in [2.05, 4.69) is 5.32 Å². The van der Waals surface area contributed by atoms with E-state index in [9.17, 15) is 25.3 Å². The van der Waals surface area contributed by atoms with E-state index in [0.29, 0.717) is 0 Å². The minimum Gasteiger partial charge on any atom is -0.508 e. The SMILES string of the molecule is C[C@H](NC(=O)/C(C#N)=C\c1cc(O)ccc1[N+](=O)[O-])c1ccccc1. The van der Waals surface area contributed by atoms with E-state index in [4.69, 9.17) is 0 Å². The molecule has 1 atom stereocenters. The van der Waals surface area contributed by atoms with E-state index >= 15 is 0 Å². The van der Waals surface area contributed by atoms with Crippen LogP contribution in [0.25, 0.3) is 6.08 Å². The number of hydrogen-bond donors (Lipinski definition) is 2. The van der Waals surface area contributed by atoms with Crippen LogP contribution >= 0.6 is 0 Å². The fourth-order valence-electron chi connectivity index (χ4n) is 2.23. The molecule has 0 aliphatic rings. The number of carbonyl (C=O) groups is 1. The average molecular weight is 337 g/mol. The molecule has 2 aromatic carbocycles. The molecule has 0 radical (unpaired) electrons. The molecule has 0 saturated carbocycles. The zero-order valence-corrected chi connectivity index (χ0v) is 13.3. The quantitative estimate of drug-likeness (QED) is 0.376. The van der Waals surface area contributed by atoms with Crippen molar-refractivity contribution in [1.29, 1.82) is 5.26 Å². The summed E-state index contributed by atoms with van der Waals surface area (Å²) in [5.41, 5.74) is 0.228. The number of benzene rings is 2. The second-order valence-corrected chi connectivity index (χ2v) is 5.28. The molecule has 0 fully saturated rings. The van der Waals surface area contributed by atoms with Crippen molar-refractivity contribution in [2.24, 2.45) is 0 Å². The van der Waals surface area contributed by atoms with Crippen LogP contribution in [0.5, 0.6) is 5.75 Å². The van der Waals surface area contributed by atoms with Gasteiger partial charge in [-0.05, 0) is 30.7 Å². The van der Waals surface area contributed by atoms with Crippen LogP contribution in [0.1, 0.15) is 24.1 Å². The largest absolute Gasteiger partial charge is 0.508 e. The lowest BCUT2D eigenvalue weighted by Gasteiger charge is -2.13. The molecular formula is C18H15N3O4. The fraction of sp³-hybridized carbons (Fsp3) is 0.111. The first-order chi connectivity index (χ1) is 11.9. The van der Waals surface area contributed by atoms with Crippen molar-refractivity contribution in [1.82, 2.24) is 5.32 Å².